The highest BCUT2D eigenvalue weighted by Gasteiger charge is 2.28. The van der Waals surface area contributed by atoms with Crippen LogP contribution in [0, 0.1) is 12.3 Å². The van der Waals surface area contributed by atoms with Gasteiger partial charge in [-0.05, 0) is 37.6 Å². The van der Waals surface area contributed by atoms with Gasteiger partial charge in [0.1, 0.15) is 0 Å². The Morgan fingerprint density at radius 3 is 2.92 bits per heavy atom. The van der Waals surface area contributed by atoms with Gasteiger partial charge in [-0.15, -0.1) is 6.42 Å². The van der Waals surface area contributed by atoms with Crippen LogP contribution in [0.2, 0.25) is 0 Å². The minimum Gasteiger partial charge on any atom is -0.454 e. The number of fused-ring (bicyclic) bond motifs is 1. The van der Waals surface area contributed by atoms with Crippen LogP contribution in [0.15, 0.2) is 18.2 Å². The number of hydrazine groups is 1. The molecule has 7 nitrogen and oxygen atoms in total. The summed E-state index contributed by atoms with van der Waals surface area (Å²) in [5, 5.41) is 0. The van der Waals surface area contributed by atoms with Crippen molar-refractivity contribution >= 4 is 11.8 Å². The van der Waals surface area contributed by atoms with E-state index in [0.29, 0.717) is 23.6 Å². The summed E-state index contributed by atoms with van der Waals surface area (Å²) < 4.78 is 10.4. The second kappa shape index (κ2) is 7.23. The van der Waals surface area contributed by atoms with Crippen molar-refractivity contribution in [2.45, 2.75) is 25.3 Å². The van der Waals surface area contributed by atoms with E-state index in [4.69, 9.17) is 15.9 Å². The van der Waals surface area contributed by atoms with E-state index in [1.165, 1.54) is 0 Å². The number of benzene rings is 1. The zero-order valence-corrected chi connectivity index (χ0v) is 13.2. The Morgan fingerprint density at radius 2 is 2.08 bits per heavy atom. The van der Waals surface area contributed by atoms with Gasteiger partial charge in [0.05, 0.1) is 12.6 Å². The summed E-state index contributed by atoms with van der Waals surface area (Å²) in [6.07, 6.45) is 8.07. The smallest absolute Gasteiger partial charge is 0.269 e. The van der Waals surface area contributed by atoms with Crippen molar-refractivity contribution in [3.05, 3.63) is 23.8 Å². The molecule has 1 atom stereocenters. The van der Waals surface area contributed by atoms with E-state index in [1.54, 1.807) is 18.2 Å². The maximum absolute atomic E-state index is 12.3. The van der Waals surface area contributed by atoms with Crippen LogP contribution in [-0.2, 0) is 4.79 Å². The second-order valence-corrected chi connectivity index (χ2v) is 5.70. The average Bonchev–Trinajstić information content (AvgIpc) is 3.08. The molecule has 2 heterocycles. The van der Waals surface area contributed by atoms with Gasteiger partial charge in [-0.3, -0.25) is 25.3 Å². The highest BCUT2D eigenvalue weighted by atomic mass is 16.7. The number of hydrogen-bond donors (Lipinski definition) is 2. The van der Waals surface area contributed by atoms with Crippen molar-refractivity contribution in [3.8, 4) is 23.8 Å². The summed E-state index contributed by atoms with van der Waals surface area (Å²) in [5.74, 6) is 3.02. The van der Waals surface area contributed by atoms with E-state index in [1.807, 2.05) is 4.90 Å². The van der Waals surface area contributed by atoms with E-state index in [9.17, 15) is 9.59 Å². The lowest BCUT2D eigenvalue weighted by Crippen LogP contribution is -2.54. The van der Waals surface area contributed by atoms with Gasteiger partial charge in [0.25, 0.3) is 11.8 Å². The summed E-state index contributed by atoms with van der Waals surface area (Å²) in [6.45, 7) is 1.36. The lowest BCUT2D eigenvalue weighted by atomic mass is 10.0. The third kappa shape index (κ3) is 3.44. The van der Waals surface area contributed by atoms with Crippen molar-refractivity contribution in [3.63, 3.8) is 0 Å². The quantitative estimate of drug-likeness (QED) is 0.629. The van der Waals surface area contributed by atoms with Gasteiger partial charge in [0.15, 0.2) is 11.5 Å². The fourth-order valence-corrected chi connectivity index (χ4v) is 2.91. The number of hydrogen-bond acceptors (Lipinski definition) is 5. The predicted octanol–water partition coefficient (Wildman–Crippen LogP) is 0.664. The standard InChI is InChI=1S/C17H19N3O4/c1-2-8-20-9-4-3-5-13(20)17(22)19-18-16(21)12-6-7-14-15(10-12)24-11-23-14/h1,6-7,10,13H,3-5,8-9,11H2,(H,18,21)(H,19,22)/t13-/m0/s1. The molecular weight excluding hydrogens is 310 g/mol. The molecule has 0 unspecified atom stereocenters. The molecule has 1 aromatic carbocycles. The molecule has 1 saturated heterocycles. The third-order valence-electron chi connectivity index (χ3n) is 4.14. The number of carbonyl (C=O) groups excluding carboxylic acids is 2. The molecule has 0 spiro atoms. The number of ether oxygens (including phenoxy) is 2. The third-order valence-corrected chi connectivity index (χ3v) is 4.14. The Labute approximate surface area is 140 Å². The van der Waals surface area contributed by atoms with Gasteiger partial charge in [0, 0.05) is 5.56 Å². The first-order valence-corrected chi connectivity index (χ1v) is 7.86. The summed E-state index contributed by atoms with van der Waals surface area (Å²) in [7, 11) is 0. The summed E-state index contributed by atoms with van der Waals surface area (Å²) >= 11 is 0. The van der Waals surface area contributed by atoms with E-state index in [-0.39, 0.29) is 18.7 Å². The zero-order chi connectivity index (χ0) is 16.9. The van der Waals surface area contributed by atoms with Gasteiger partial charge in [-0.1, -0.05) is 12.3 Å². The molecule has 2 aliphatic rings. The number of rotatable bonds is 3. The molecule has 2 amide bonds. The van der Waals surface area contributed by atoms with Crippen LogP contribution in [0.5, 0.6) is 11.5 Å². The molecule has 0 aliphatic carbocycles. The van der Waals surface area contributed by atoms with Crippen LogP contribution in [0.25, 0.3) is 0 Å². The van der Waals surface area contributed by atoms with Crippen LogP contribution in [0.3, 0.4) is 0 Å². The molecule has 2 aliphatic heterocycles. The van der Waals surface area contributed by atoms with Crippen LogP contribution < -0.4 is 20.3 Å². The van der Waals surface area contributed by atoms with E-state index in [0.717, 1.165) is 25.8 Å². The van der Waals surface area contributed by atoms with E-state index in [2.05, 4.69) is 16.8 Å². The maximum Gasteiger partial charge on any atom is 0.269 e. The largest absolute Gasteiger partial charge is 0.454 e. The first-order valence-electron chi connectivity index (χ1n) is 7.86. The Bertz CT molecular complexity index is 683. The number of nitrogens with zero attached hydrogens (tertiary/aromatic N) is 1. The Hall–Kier alpha value is -2.72. The topological polar surface area (TPSA) is 79.9 Å². The molecule has 24 heavy (non-hydrogen) atoms. The first-order chi connectivity index (χ1) is 11.7. The van der Waals surface area contributed by atoms with Crippen molar-refractivity contribution in [1.82, 2.24) is 15.8 Å². The number of terminal acetylenes is 1. The SMILES string of the molecule is C#CCN1CCCC[C@H]1C(=O)NNC(=O)c1ccc2c(c1)OCO2. The molecule has 126 valence electrons. The molecular formula is C17H19N3O4. The summed E-state index contributed by atoms with van der Waals surface area (Å²) in [6, 6.07) is 4.54. The highest BCUT2D eigenvalue weighted by Crippen LogP contribution is 2.32. The van der Waals surface area contributed by atoms with Crippen molar-refractivity contribution in [1.29, 1.82) is 0 Å². The molecule has 0 bridgehead atoms. The minimum atomic E-state index is -0.416. The van der Waals surface area contributed by atoms with E-state index >= 15 is 0 Å². The number of nitrogens with one attached hydrogen (secondary N) is 2. The van der Waals surface area contributed by atoms with Crippen molar-refractivity contribution in [2.24, 2.45) is 0 Å². The number of amides is 2. The first kappa shape index (κ1) is 16.1. The lowest BCUT2D eigenvalue weighted by molar-refractivity contribution is -0.128. The minimum absolute atomic E-state index is 0.143. The Morgan fingerprint density at radius 1 is 1.25 bits per heavy atom. The zero-order valence-electron chi connectivity index (χ0n) is 13.2. The van der Waals surface area contributed by atoms with Crippen LogP contribution in [-0.4, -0.2) is 42.6 Å². The maximum atomic E-state index is 12.3. The molecule has 0 aromatic heterocycles. The second-order valence-electron chi connectivity index (χ2n) is 5.70. The van der Waals surface area contributed by atoms with E-state index < -0.39 is 5.91 Å². The van der Waals surface area contributed by atoms with Crippen molar-refractivity contribution in [2.75, 3.05) is 19.9 Å². The van der Waals surface area contributed by atoms with Gasteiger partial charge in [0.2, 0.25) is 6.79 Å². The summed E-state index contributed by atoms with van der Waals surface area (Å²) in [4.78, 5) is 26.4. The average molecular weight is 329 g/mol. The molecule has 1 fully saturated rings. The molecule has 3 rings (SSSR count). The fourth-order valence-electron chi connectivity index (χ4n) is 2.91. The van der Waals surface area contributed by atoms with Gasteiger partial charge >= 0.3 is 0 Å². The van der Waals surface area contributed by atoms with Gasteiger partial charge < -0.3 is 9.47 Å². The molecule has 0 radical (unpaired) electrons. The highest BCUT2D eigenvalue weighted by molar-refractivity contribution is 5.96. The van der Waals surface area contributed by atoms with Crippen molar-refractivity contribution < 1.29 is 19.1 Å². The van der Waals surface area contributed by atoms with Gasteiger partial charge in [-0.2, -0.15) is 0 Å². The Balaban J connectivity index is 1.57. The molecule has 2 N–H and O–H groups in total. The molecule has 0 saturated carbocycles. The number of likely N-dealkylation sites (tertiary alicyclic amines) is 1. The molecule has 7 heteroatoms. The number of piperidine rings is 1. The predicted molar refractivity (Wildman–Crippen MR) is 86.2 cm³/mol. The van der Waals surface area contributed by atoms with Crippen LogP contribution in [0.1, 0.15) is 29.6 Å². The van der Waals surface area contributed by atoms with Gasteiger partial charge in [-0.25, -0.2) is 0 Å². The fraction of sp³-hybridized carbons (Fsp3) is 0.412. The van der Waals surface area contributed by atoms with Crippen LogP contribution in [0.4, 0.5) is 0 Å². The number of carbonyl (C=O) groups is 2. The normalized spacial score (nSPS) is 19.4. The Kier molecular flexibility index (Phi) is 4.87. The molecule has 1 aromatic rings. The lowest BCUT2D eigenvalue weighted by Gasteiger charge is -2.33. The van der Waals surface area contributed by atoms with Crippen LogP contribution >= 0.6 is 0 Å². The summed E-state index contributed by atoms with van der Waals surface area (Å²) in [5.41, 5.74) is 5.30. The monoisotopic (exact) mass is 329 g/mol.